The molecular formula is C18H33N3. The summed E-state index contributed by atoms with van der Waals surface area (Å²) in [6, 6.07) is 9.40. The van der Waals surface area contributed by atoms with Crippen LogP contribution in [-0.2, 0) is 0 Å². The van der Waals surface area contributed by atoms with Gasteiger partial charge in [0.15, 0.2) is 0 Å². The van der Waals surface area contributed by atoms with Gasteiger partial charge in [-0.05, 0) is 64.6 Å². The van der Waals surface area contributed by atoms with E-state index < -0.39 is 0 Å². The van der Waals surface area contributed by atoms with Crippen LogP contribution >= 0.6 is 0 Å². The predicted octanol–water partition coefficient (Wildman–Crippen LogP) is 3.53. The lowest BCUT2D eigenvalue weighted by Gasteiger charge is -2.25. The number of rotatable bonds is 10. The molecule has 1 N–H and O–H groups in total. The summed E-state index contributed by atoms with van der Waals surface area (Å²) in [6.07, 6.45) is 1.23. The van der Waals surface area contributed by atoms with Crippen LogP contribution in [0.4, 0.5) is 5.69 Å². The smallest absolute Gasteiger partial charge is 0.0366 e. The highest BCUT2D eigenvalue weighted by Crippen LogP contribution is 2.19. The normalized spacial score (nSPS) is 12.7. The fourth-order valence-corrected chi connectivity index (χ4v) is 2.64. The van der Waals surface area contributed by atoms with E-state index in [2.05, 4.69) is 67.1 Å². The maximum Gasteiger partial charge on any atom is 0.0366 e. The minimum atomic E-state index is 0.414. The van der Waals surface area contributed by atoms with E-state index in [1.54, 1.807) is 0 Å². The highest BCUT2D eigenvalue weighted by molar-refractivity contribution is 5.47. The van der Waals surface area contributed by atoms with Gasteiger partial charge in [-0.1, -0.05) is 26.0 Å². The highest BCUT2D eigenvalue weighted by atomic mass is 15.1. The first kappa shape index (κ1) is 18.0. The van der Waals surface area contributed by atoms with Crippen molar-refractivity contribution < 1.29 is 0 Å². The third-order valence-corrected chi connectivity index (χ3v) is 4.37. The maximum atomic E-state index is 3.28. The Bertz CT molecular complexity index is 371. The number of hydrogen-bond donors (Lipinski definition) is 1. The second-order valence-electron chi connectivity index (χ2n) is 5.56. The molecule has 0 saturated heterocycles. The molecule has 120 valence electrons. The number of benzene rings is 1. The van der Waals surface area contributed by atoms with E-state index in [1.165, 1.54) is 24.2 Å². The van der Waals surface area contributed by atoms with E-state index in [0.29, 0.717) is 6.04 Å². The molecule has 1 rings (SSSR count). The summed E-state index contributed by atoms with van der Waals surface area (Å²) in [4.78, 5) is 4.96. The number of hydrogen-bond acceptors (Lipinski definition) is 3. The quantitative estimate of drug-likeness (QED) is 0.711. The summed E-state index contributed by atoms with van der Waals surface area (Å²) in [6.45, 7) is 14.6. The minimum Gasteiger partial charge on any atom is -0.372 e. The zero-order valence-corrected chi connectivity index (χ0v) is 14.5. The van der Waals surface area contributed by atoms with Crippen LogP contribution in [0.2, 0.25) is 0 Å². The van der Waals surface area contributed by atoms with E-state index in [4.69, 9.17) is 0 Å². The standard InChI is InChI=1S/C18H33N3/c1-6-20(7-2)14-9-15-21(8-3)18-12-10-17(11-13-18)16(4)19-5/h10-13,16,19H,6-9,14-15H2,1-5H3. The lowest BCUT2D eigenvalue weighted by molar-refractivity contribution is 0.301. The Kier molecular flexibility index (Phi) is 8.40. The first-order chi connectivity index (χ1) is 10.2. The molecule has 0 bridgehead atoms. The van der Waals surface area contributed by atoms with Gasteiger partial charge in [0.25, 0.3) is 0 Å². The Hall–Kier alpha value is -1.06. The summed E-state index contributed by atoms with van der Waals surface area (Å²) in [5, 5.41) is 3.28. The molecule has 21 heavy (non-hydrogen) atoms. The Balaban J connectivity index is 2.55. The van der Waals surface area contributed by atoms with Gasteiger partial charge < -0.3 is 15.1 Å². The molecular weight excluding hydrogens is 258 g/mol. The van der Waals surface area contributed by atoms with Gasteiger partial charge in [0.2, 0.25) is 0 Å². The van der Waals surface area contributed by atoms with E-state index >= 15 is 0 Å². The van der Waals surface area contributed by atoms with Crippen molar-refractivity contribution in [3.8, 4) is 0 Å². The maximum absolute atomic E-state index is 3.28. The van der Waals surface area contributed by atoms with Crippen LogP contribution in [-0.4, -0.2) is 44.7 Å². The molecule has 1 aromatic carbocycles. The van der Waals surface area contributed by atoms with Crippen molar-refractivity contribution in [2.24, 2.45) is 0 Å². The number of nitrogens with one attached hydrogen (secondary N) is 1. The van der Waals surface area contributed by atoms with Gasteiger partial charge in [-0.3, -0.25) is 0 Å². The minimum absolute atomic E-state index is 0.414. The van der Waals surface area contributed by atoms with Crippen LogP contribution in [0, 0.1) is 0 Å². The third-order valence-electron chi connectivity index (χ3n) is 4.37. The van der Waals surface area contributed by atoms with Crippen molar-refractivity contribution in [1.82, 2.24) is 10.2 Å². The van der Waals surface area contributed by atoms with Gasteiger partial charge in [-0.2, -0.15) is 0 Å². The van der Waals surface area contributed by atoms with Gasteiger partial charge in [0.05, 0.1) is 0 Å². The molecule has 0 saturated carbocycles. The largest absolute Gasteiger partial charge is 0.372 e. The summed E-state index contributed by atoms with van der Waals surface area (Å²) in [7, 11) is 2.00. The molecule has 1 aromatic rings. The van der Waals surface area contributed by atoms with Crippen molar-refractivity contribution in [2.45, 2.75) is 40.2 Å². The summed E-state index contributed by atoms with van der Waals surface area (Å²) in [5.74, 6) is 0. The van der Waals surface area contributed by atoms with Crippen LogP contribution in [0.5, 0.6) is 0 Å². The zero-order chi connectivity index (χ0) is 15.7. The van der Waals surface area contributed by atoms with Crippen molar-refractivity contribution in [3.05, 3.63) is 29.8 Å². The Labute approximate surface area is 131 Å². The molecule has 0 aromatic heterocycles. The van der Waals surface area contributed by atoms with E-state index in [1.807, 2.05) is 7.05 Å². The Morgan fingerprint density at radius 2 is 1.57 bits per heavy atom. The lowest BCUT2D eigenvalue weighted by atomic mass is 10.1. The monoisotopic (exact) mass is 291 g/mol. The fraction of sp³-hybridized carbons (Fsp3) is 0.667. The van der Waals surface area contributed by atoms with Crippen molar-refractivity contribution >= 4 is 5.69 Å². The molecule has 1 atom stereocenters. The Morgan fingerprint density at radius 3 is 2.05 bits per heavy atom. The third kappa shape index (κ3) is 5.68. The molecule has 1 unspecified atom stereocenters. The van der Waals surface area contributed by atoms with Crippen molar-refractivity contribution in [3.63, 3.8) is 0 Å². The van der Waals surface area contributed by atoms with Crippen LogP contribution in [0.15, 0.2) is 24.3 Å². The topological polar surface area (TPSA) is 18.5 Å². The van der Waals surface area contributed by atoms with Gasteiger partial charge in [0.1, 0.15) is 0 Å². The lowest BCUT2D eigenvalue weighted by Crippen LogP contribution is -2.30. The molecule has 0 spiro atoms. The Morgan fingerprint density at radius 1 is 0.952 bits per heavy atom. The molecule has 0 fully saturated rings. The predicted molar refractivity (Wildman–Crippen MR) is 94.2 cm³/mol. The first-order valence-electron chi connectivity index (χ1n) is 8.40. The molecule has 0 radical (unpaired) electrons. The van der Waals surface area contributed by atoms with Gasteiger partial charge >= 0.3 is 0 Å². The SMILES string of the molecule is CCN(CC)CCCN(CC)c1ccc(C(C)NC)cc1. The molecule has 0 aliphatic rings. The molecule has 0 heterocycles. The molecule has 0 amide bonds. The van der Waals surface area contributed by atoms with Gasteiger partial charge in [0, 0.05) is 24.8 Å². The second kappa shape index (κ2) is 9.80. The second-order valence-corrected chi connectivity index (χ2v) is 5.56. The highest BCUT2D eigenvalue weighted by Gasteiger charge is 2.07. The van der Waals surface area contributed by atoms with Crippen LogP contribution in [0.25, 0.3) is 0 Å². The van der Waals surface area contributed by atoms with Crippen molar-refractivity contribution in [1.29, 1.82) is 0 Å². The zero-order valence-electron chi connectivity index (χ0n) is 14.5. The summed E-state index contributed by atoms with van der Waals surface area (Å²) in [5.41, 5.74) is 2.68. The van der Waals surface area contributed by atoms with Gasteiger partial charge in [-0.25, -0.2) is 0 Å². The number of anilines is 1. The first-order valence-corrected chi connectivity index (χ1v) is 8.40. The molecule has 0 aliphatic heterocycles. The molecule has 3 nitrogen and oxygen atoms in total. The van der Waals surface area contributed by atoms with Gasteiger partial charge in [-0.15, -0.1) is 0 Å². The molecule has 0 aliphatic carbocycles. The molecule has 3 heteroatoms. The van der Waals surface area contributed by atoms with E-state index in [-0.39, 0.29) is 0 Å². The number of nitrogens with zero attached hydrogens (tertiary/aromatic N) is 2. The van der Waals surface area contributed by atoms with Crippen molar-refractivity contribution in [2.75, 3.05) is 44.7 Å². The van der Waals surface area contributed by atoms with Crippen LogP contribution in [0.3, 0.4) is 0 Å². The summed E-state index contributed by atoms with van der Waals surface area (Å²) >= 11 is 0. The van der Waals surface area contributed by atoms with E-state index in [0.717, 1.165) is 26.2 Å². The average Bonchev–Trinajstić information content (AvgIpc) is 2.55. The average molecular weight is 291 g/mol. The fourth-order valence-electron chi connectivity index (χ4n) is 2.64. The van der Waals surface area contributed by atoms with Crippen LogP contribution in [0.1, 0.15) is 45.7 Å². The summed E-state index contributed by atoms with van der Waals surface area (Å²) < 4.78 is 0. The van der Waals surface area contributed by atoms with Crippen LogP contribution < -0.4 is 10.2 Å². The van der Waals surface area contributed by atoms with E-state index in [9.17, 15) is 0 Å².